The Balaban J connectivity index is 1.48. The summed E-state index contributed by atoms with van der Waals surface area (Å²) < 4.78 is 43.3. The lowest BCUT2D eigenvalue weighted by Gasteiger charge is -2.35. The molecule has 1 saturated heterocycles. The molecule has 0 unspecified atom stereocenters. The average molecular weight is 593 g/mol. The van der Waals surface area contributed by atoms with E-state index in [1.807, 2.05) is 37.3 Å². The van der Waals surface area contributed by atoms with Crippen molar-refractivity contribution in [1.82, 2.24) is 4.90 Å². The molecule has 0 N–H and O–H groups in total. The molecule has 1 amide bonds. The Hall–Kier alpha value is -2.30. The number of allylic oxidation sites excluding steroid dienone is 1. The number of benzene rings is 2. The van der Waals surface area contributed by atoms with Crippen molar-refractivity contribution in [2.45, 2.75) is 45.2 Å². The highest BCUT2D eigenvalue weighted by atomic mass is 79.9. The zero-order valence-corrected chi connectivity index (χ0v) is 23.7. The highest BCUT2D eigenvalue weighted by Gasteiger charge is 2.39. The Morgan fingerprint density at radius 3 is 2.53 bits per heavy atom. The first-order valence-electron chi connectivity index (χ1n) is 12.8. The van der Waals surface area contributed by atoms with Crippen LogP contribution in [0.2, 0.25) is 0 Å². The molecule has 9 heteroatoms. The molecule has 1 aliphatic heterocycles. The Morgan fingerprint density at radius 2 is 1.89 bits per heavy atom. The first-order chi connectivity index (χ1) is 18.3. The summed E-state index contributed by atoms with van der Waals surface area (Å²) in [6.07, 6.45) is 3.86. The number of carbonyl (C=O) groups is 1. The second-order valence-corrected chi connectivity index (χ2v) is 10.6. The largest absolute Gasteiger partial charge is 0.497 e. The Kier molecular flexibility index (Phi) is 9.95. The molecule has 1 heterocycles. The van der Waals surface area contributed by atoms with Crippen molar-refractivity contribution in [2.24, 2.45) is 5.92 Å². The van der Waals surface area contributed by atoms with E-state index < -0.39 is 11.6 Å². The smallest absolute Gasteiger partial charge is 0.259 e. The van der Waals surface area contributed by atoms with Gasteiger partial charge in [0, 0.05) is 42.2 Å². The van der Waals surface area contributed by atoms with Gasteiger partial charge in [0.15, 0.2) is 5.79 Å². The van der Waals surface area contributed by atoms with Crippen molar-refractivity contribution in [1.29, 1.82) is 0 Å². The van der Waals surface area contributed by atoms with E-state index in [9.17, 15) is 9.18 Å². The first-order valence-corrected chi connectivity index (χ1v) is 13.6. The highest BCUT2D eigenvalue weighted by Crippen LogP contribution is 2.37. The summed E-state index contributed by atoms with van der Waals surface area (Å²) >= 11 is 3.47. The number of ether oxygens (including phenoxy) is 5. The van der Waals surface area contributed by atoms with Crippen molar-refractivity contribution in [2.75, 3.05) is 40.6 Å². The lowest BCUT2D eigenvalue weighted by Crippen LogP contribution is -2.39. The molecule has 1 aliphatic carbocycles. The molecule has 0 bridgehead atoms. The molecule has 2 aromatic rings. The van der Waals surface area contributed by atoms with Gasteiger partial charge in [-0.1, -0.05) is 25.1 Å². The average Bonchev–Trinajstić information content (AvgIpc) is 3.38. The van der Waals surface area contributed by atoms with Crippen LogP contribution < -0.4 is 4.74 Å². The van der Waals surface area contributed by atoms with Crippen LogP contribution >= 0.6 is 15.9 Å². The molecule has 7 nitrogen and oxygen atoms in total. The fourth-order valence-electron chi connectivity index (χ4n) is 4.76. The third kappa shape index (κ3) is 7.01. The molecule has 0 radical (unpaired) electrons. The van der Waals surface area contributed by atoms with Gasteiger partial charge in [-0.3, -0.25) is 4.79 Å². The summed E-state index contributed by atoms with van der Waals surface area (Å²) in [4.78, 5) is 15.6. The quantitative estimate of drug-likeness (QED) is 0.326. The van der Waals surface area contributed by atoms with E-state index in [4.69, 9.17) is 23.7 Å². The predicted molar refractivity (Wildman–Crippen MR) is 144 cm³/mol. The van der Waals surface area contributed by atoms with Crippen LogP contribution in [-0.2, 0) is 32.2 Å². The minimum Gasteiger partial charge on any atom is -0.497 e. The van der Waals surface area contributed by atoms with Crippen LogP contribution in [0, 0.1) is 11.7 Å². The number of carbonyl (C=O) groups excluding carboxylic acids is 1. The minimum absolute atomic E-state index is 0.0318. The molecule has 2 aromatic carbocycles. The Morgan fingerprint density at radius 1 is 1.16 bits per heavy atom. The monoisotopic (exact) mass is 591 g/mol. The molecule has 206 valence electrons. The summed E-state index contributed by atoms with van der Waals surface area (Å²) in [6.45, 7) is 4.66. The van der Waals surface area contributed by atoms with E-state index in [0.717, 1.165) is 17.0 Å². The normalized spacial score (nSPS) is 17.3. The van der Waals surface area contributed by atoms with Crippen molar-refractivity contribution < 1.29 is 32.9 Å². The van der Waals surface area contributed by atoms with Gasteiger partial charge in [-0.2, -0.15) is 0 Å². The van der Waals surface area contributed by atoms with Gasteiger partial charge < -0.3 is 28.6 Å². The van der Waals surface area contributed by atoms with Crippen molar-refractivity contribution in [3.63, 3.8) is 0 Å². The number of nitrogens with zero attached hydrogens (tertiary/aromatic N) is 1. The molecule has 2 aliphatic rings. The van der Waals surface area contributed by atoms with E-state index in [1.165, 1.54) is 13.2 Å². The molecule has 38 heavy (non-hydrogen) atoms. The van der Waals surface area contributed by atoms with Crippen molar-refractivity contribution in [3.8, 4) is 5.75 Å². The second-order valence-electron chi connectivity index (χ2n) is 9.75. The SMILES string of the molecule is COCc1cc(Br)c(C(=O)N(C[C@@H](C)COCc2ccc(OC)cc2)C2=CCC3(CC2)OCCO3)cc1F. The molecule has 1 spiro atoms. The maximum absolute atomic E-state index is 14.8. The van der Waals surface area contributed by atoms with Crippen molar-refractivity contribution >= 4 is 21.8 Å². The van der Waals surface area contributed by atoms with Crippen molar-refractivity contribution in [3.05, 3.63) is 75.2 Å². The molecule has 4 rings (SSSR count). The van der Waals surface area contributed by atoms with E-state index in [1.54, 1.807) is 18.1 Å². The number of hydrogen-bond donors (Lipinski definition) is 0. The summed E-state index contributed by atoms with van der Waals surface area (Å²) in [7, 11) is 3.14. The summed E-state index contributed by atoms with van der Waals surface area (Å²) in [5.74, 6) is -0.509. The number of methoxy groups -OCH3 is 2. The van der Waals surface area contributed by atoms with E-state index in [0.29, 0.717) is 62.3 Å². The fourth-order valence-corrected chi connectivity index (χ4v) is 5.32. The van der Waals surface area contributed by atoms with Crippen LogP contribution in [0.3, 0.4) is 0 Å². The Bertz CT molecular complexity index is 1130. The third-order valence-electron chi connectivity index (χ3n) is 6.81. The van der Waals surface area contributed by atoms with Crippen LogP contribution in [0.25, 0.3) is 0 Å². The van der Waals surface area contributed by atoms with Gasteiger partial charge in [0.25, 0.3) is 5.91 Å². The van der Waals surface area contributed by atoms with E-state index in [-0.39, 0.29) is 24.0 Å². The lowest BCUT2D eigenvalue weighted by atomic mass is 9.96. The van der Waals surface area contributed by atoms with E-state index >= 15 is 0 Å². The molecule has 0 saturated carbocycles. The van der Waals surface area contributed by atoms with Gasteiger partial charge in [-0.15, -0.1) is 0 Å². The number of halogens is 2. The van der Waals surface area contributed by atoms with Gasteiger partial charge in [0.1, 0.15) is 11.6 Å². The summed E-state index contributed by atoms with van der Waals surface area (Å²) in [5.41, 5.74) is 2.58. The maximum Gasteiger partial charge on any atom is 0.259 e. The first kappa shape index (κ1) is 28.7. The Labute approximate surface area is 232 Å². The summed E-state index contributed by atoms with van der Waals surface area (Å²) in [5, 5.41) is 0. The fraction of sp³-hybridized carbons (Fsp3) is 0.483. The number of rotatable bonds is 11. The van der Waals surface area contributed by atoms with Crippen LogP contribution in [-0.4, -0.2) is 57.2 Å². The van der Waals surface area contributed by atoms with Crippen LogP contribution in [0.4, 0.5) is 4.39 Å². The zero-order valence-electron chi connectivity index (χ0n) is 22.1. The standard InChI is InChI=1S/C29H35BrFNO6/c1-20(17-36-18-21-4-6-24(35-3)7-5-21)16-32(23-8-10-29(11-9-23)37-12-13-38-29)28(33)25-15-27(31)22(19-34-2)14-26(25)30/h4-8,14-15,20H,9-13,16-19H2,1-3H3/t20-/m1/s1. The topological polar surface area (TPSA) is 66.5 Å². The van der Waals surface area contributed by atoms with Crippen LogP contribution in [0.1, 0.15) is 47.7 Å². The second kappa shape index (κ2) is 13.2. The van der Waals surface area contributed by atoms with Gasteiger partial charge in [-0.25, -0.2) is 4.39 Å². The zero-order chi connectivity index (χ0) is 27.1. The molecule has 1 fully saturated rings. The molecule has 0 aromatic heterocycles. The van der Waals surface area contributed by atoms with Gasteiger partial charge in [0.05, 0.1) is 45.7 Å². The predicted octanol–water partition coefficient (Wildman–Crippen LogP) is 5.85. The number of hydrogen-bond acceptors (Lipinski definition) is 6. The van der Waals surface area contributed by atoms with E-state index in [2.05, 4.69) is 15.9 Å². The third-order valence-corrected chi connectivity index (χ3v) is 7.46. The molecular formula is C29H35BrFNO6. The van der Waals surface area contributed by atoms with Crippen LogP contribution in [0.15, 0.2) is 52.6 Å². The molecular weight excluding hydrogens is 557 g/mol. The minimum atomic E-state index is -0.597. The van der Waals surface area contributed by atoms with Gasteiger partial charge in [0.2, 0.25) is 0 Å². The van der Waals surface area contributed by atoms with Crippen LogP contribution in [0.5, 0.6) is 5.75 Å². The lowest BCUT2D eigenvalue weighted by molar-refractivity contribution is -0.162. The molecule has 1 atom stereocenters. The highest BCUT2D eigenvalue weighted by molar-refractivity contribution is 9.10. The summed E-state index contributed by atoms with van der Waals surface area (Å²) in [6, 6.07) is 10.6. The number of amides is 1. The van der Waals surface area contributed by atoms with Gasteiger partial charge >= 0.3 is 0 Å². The van der Waals surface area contributed by atoms with Gasteiger partial charge in [-0.05, 0) is 58.1 Å². The maximum atomic E-state index is 14.8.